The Morgan fingerprint density at radius 2 is 1.80 bits per heavy atom. The van der Waals surface area contributed by atoms with Crippen molar-refractivity contribution in [2.45, 2.75) is 4.83 Å². The highest BCUT2D eigenvalue weighted by atomic mass is 79.9. The summed E-state index contributed by atoms with van der Waals surface area (Å²) in [6, 6.07) is 17.0. The molecule has 1 atom stereocenters. The largest absolute Gasteiger partial charge is 0.497 e. The summed E-state index contributed by atoms with van der Waals surface area (Å²) >= 11 is 3.58. The predicted molar refractivity (Wildman–Crippen MR) is 83.4 cm³/mol. The van der Waals surface area contributed by atoms with E-state index in [2.05, 4.69) is 21.2 Å². The third-order valence-corrected chi connectivity index (χ3v) is 3.81. The van der Waals surface area contributed by atoms with Gasteiger partial charge in [0, 0.05) is 12.1 Å². The van der Waals surface area contributed by atoms with Crippen LogP contribution in [0.15, 0.2) is 54.6 Å². The van der Waals surface area contributed by atoms with Gasteiger partial charge in [-0.3, -0.25) is 4.79 Å². The molecular weight excluding hydrogens is 318 g/mol. The molecule has 0 saturated carbocycles. The van der Waals surface area contributed by atoms with E-state index in [0.717, 1.165) is 11.3 Å². The summed E-state index contributed by atoms with van der Waals surface area (Å²) in [5, 5.41) is 2.91. The molecule has 4 heteroatoms. The summed E-state index contributed by atoms with van der Waals surface area (Å²) in [6.45, 7) is 0.537. The highest BCUT2D eigenvalue weighted by Crippen LogP contribution is 2.21. The first-order chi connectivity index (χ1) is 9.70. The number of carbonyl (C=O) groups is 1. The van der Waals surface area contributed by atoms with Gasteiger partial charge in [0.1, 0.15) is 5.75 Å². The molecule has 3 nitrogen and oxygen atoms in total. The molecule has 0 aromatic heterocycles. The van der Waals surface area contributed by atoms with Crippen molar-refractivity contribution < 1.29 is 9.53 Å². The molecule has 104 valence electrons. The number of amides is 1. The maximum absolute atomic E-state index is 12.0. The molecule has 1 amide bonds. The number of hydrogen-bond donors (Lipinski definition) is 1. The lowest BCUT2D eigenvalue weighted by molar-refractivity contribution is 0.0954. The molecule has 0 heterocycles. The van der Waals surface area contributed by atoms with E-state index in [1.807, 2.05) is 30.3 Å². The molecule has 20 heavy (non-hydrogen) atoms. The van der Waals surface area contributed by atoms with Crippen LogP contribution in [0.4, 0.5) is 0 Å². The van der Waals surface area contributed by atoms with Crippen LogP contribution in [-0.2, 0) is 0 Å². The molecule has 1 N–H and O–H groups in total. The SMILES string of the molecule is COc1ccc(C(=O)NCC(Br)c2ccccc2)cc1. The standard InChI is InChI=1S/C16H16BrNO2/c1-20-14-9-7-13(8-10-14)16(19)18-11-15(17)12-5-3-2-4-6-12/h2-10,15H,11H2,1H3,(H,18,19). The first-order valence-corrected chi connectivity index (χ1v) is 7.23. The Morgan fingerprint density at radius 3 is 2.40 bits per heavy atom. The minimum absolute atomic E-state index is 0.0898. The van der Waals surface area contributed by atoms with Crippen LogP contribution >= 0.6 is 15.9 Å². The van der Waals surface area contributed by atoms with Crippen LogP contribution in [0.25, 0.3) is 0 Å². The van der Waals surface area contributed by atoms with Crippen LogP contribution in [-0.4, -0.2) is 19.6 Å². The van der Waals surface area contributed by atoms with E-state index in [-0.39, 0.29) is 10.7 Å². The fourth-order valence-electron chi connectivity index (χ4n) is 1.81. The second-order valence-electron chi connectivity index (χ2n) is 4.32. The van der Waals surface area contributed by atoms with E-state index >= 15 is 0 Å². The second kappa shape index (κ2) is 7.10. The summed E-state index contributed by atoms with van der Waals surface area (Å²) in [5.41, 5.74) is 1.76. The van der Waals surface area contributed by atoms with E-state index in [4.69, 9.17) is 4.74 Å². The quantitative estimate of drug-likeness (QED) is 0.849. The molecule has 2 aromatic rings. The van der Waals surface area contributed by atoms with Crippen molar-refractivity contribution in [1.82, 2.24) is 5.32 Å². The Bertz CT molecular complexity index is 554. The van der Waals surface area contributed by atoms with Crippen molar-refractivity contribution in [3.05, 3.63) is 65.7 Å². The van der Waals surface area contributed by atoms with Crippen LogP contribution in [0.2, 0.25) is 0 Å². The third-order valence-electron chi connectivity index (χ3n) is 2.96. The summed E-state index contributed by atoms with van der Waals surface area (Å²) < 4.78 is 5.07. The number of methoxy groups -OCH3 is 1. The van der Waals surface area contributed by atoms with Gasteiger partial charge in [0.15, 0.2) is 0 Å². The summed E-state index contributed by atoms with van der Waals surface area (Å²) in [7, 11) is 1.60. The molecule has 0 fully saturated rings. The molecule has 0 spiro atoms. The third kappa shape index (κ3) is 3.84. The zero-order chi connectivity index (χ0) is 14.4. The van der Waals surface area contributed by atoms with Gasteiger partial charge < -0.3 is 10.1 Å². The Balaban J connectivity index is 1.91. The first kappa shape index (κ1) is 14.6. The fourth-order valence-corrected chi connectivity index (χ4v) is 2.27. The lowest BCUT2D eigenvalue weighted by Crippen LogP contribution is -2.26. The number of nitrogens with one attached hydrogen (secondary N) is 1. The van der Waals surface area contributed by atoms with E-state index < -0.39 is 0 Å². The minimum Gasteiger partial charge on any atom is -0.497 e. The van der Waals surface area contributed by atoms with Crippen molar-refractivity contribution in [2.75, 3.05) is 13.7 Å². The van der Waals surface area contributed by atoms with Gasteiger partial charge in [0.2, 0.25) is 0 Å². The van der Waals surface area contributed by atoms with E-state index in [9.17, 15) is 4.79 Å². The zero-order valence-electron chi connectivity index (χ0n) is 11.2. The number of rotatable bonds is 5. The average molecular weight is 334 g/mol. The van der Waals surface area contributed by atoms with Crippen molar-refractivity contribution in [1.29, 1.82) is 0 Å². The lowest BCUT2D eigenvalue weighted by atomic mass is 10.1. The molecule has 0 saturated heterocycles. The molecule has 2 rings (SSSR count). The Morgan fingerprint density at radius 1 is 1.15 bits per heavy atom. The normalized spacial score (nSPS) is 11.7. The zero-order valence-corrected chi connectivity index (χ0v) is 12.8. The summed E-state index contributed by atoms with van der Waals surface area (Å²) in [4.78, 5) is 12.1. The molecule has 0 aliphatic carbocycles. The highest BCUT2D eigenvalue weighted by Gasteiger charge is 2.10. The lowest BCUT2D eigenvalue weighted by Gasteiger charge is -2.11. The smallest absolute Gasteiger partial charge is 0.251 e. The number of halogens is 1. The number of alkyl halides is 1. The molecule has 0 aliphatic heterocycles. The Kier molecular flexibility index (Phi) is 5.18. The van der Waals surface area contributed by atoms with Crippen LogP contribution in [0.1, 0.15) is 20.7 Å². The van der Waals surface area contributed by atoms with Crippen LogP contribution in [0, 0.1) is 0 Å². The fraction of sp³-hybridized carbons (Fsp3) is 0.188. The number of benzene rings is 2. The van der Waals surface area contributed by atoms with Crippen LogP contribution in [0.3, 0.4) is 0 Å². The molecular formula is C16H16BrNO2. The van der Waals surface area contributed by atoms with Crippen molar-refractivity contribution in [2.24, 2.45) is 0 Å². The Labute approximate surface area is 127 Å². The summed E-state index contributed by atoms with van der Waals surface area (Å²) in [6.07, 6.45) is 0. The van der Waals surface area contributed by atoms with E-state index in [1.165, 1.54) is 0 Å². The number of ether oxygens (including phenoxy) is 1. The monoisotopic (exact) mass is 333 g/mol. The van der Waals surface area contributed by atoms with E-state index in [1.54, 1.807) is 31.4 Å². The van der Waals surface area contributed by atoms with Crippen molar-refractivity contribution in [3.8, 4) is 5.75 Å². The number of carbonyl (C=O) groups excluding carboxylic acids is 1. The topological polar surface area (TPSA) is 38.3 Å². The molecule has 0 bridgehead atoms. The minimum atomic E-state index is -0.0898. The van der Waals surface area contributed by atoms with Crippen molar-refractivity contribution >= 4 is 21.8 Å². The Hall–Kier alpha value is -1.81. The predicted octanol–water partition coefficient (Wildman–Crippen LogP) is 3.56. The first-order valence-electron chi connectivity index (χ1n) is 6.32. The average Bonchev–Trinajstić information content (AvgIpc) is 2.53. The van der Waals surface area contributed by atoms with Gasteiger partial charge in [-0.1, -0.05) is 46.3 Å². The maximum Gasteiger partial charge on any atom is 0.251 e. The van der Waals surface area contributed by atoms with Crippen molar-refractivity contribution in [3.63, 3.8) is 0 Å². The molecule has 0 aliphatic rings. The second-order valence-corrected chi connectivity index (χ2v) is 5.42. The van der Waals surface area contributed by atoms with Gasteiger partial charge >= 0.3 is 0 Å². The van der Waals surface area contributed by atoms with Gasteiger partial charge in [-0.15, -0.1) is 0 Å². The number of hydrogen-bond acceptors (Lipinski definition) is 2. The van der Waals surface area contributed by atoms with Gasteiger partial charge in [0.25, 0.3) is 5.91 Å². The van der Waals surface area contributed by atoms with E-state index in [0.29, 0.717) is 12.1 Å². The van der Waals surface area contributed by atoms with Gasteiger partial charge in [-0.05, 0) is 29.8 Å². The maximum atomic E-state index is 12.0. The van der Waals surface area contributed by atoms with Crippen LogP contribution < -0.4 is 10.1 Å². The highest BCUT2D eigenvalue weighted by molar-refractivity contribution is 9.09. The van der Waals surface area contributed by atoms with Gasteiger partial charge in [-0.2, -0.15) is 0 Å². The molecule has 0 radical (unpaired) electrons. The molecule has 1 unspecified atom stereocenters. The van der Waals surface area contributed by atoms with Gasteiger partial charge in [-0.25, -0.2) is 0 Å². The molecule has 2 aromatic carbocycles. The summed E-state index contributed by atoms with van der Waals surface area (Å²) in [5.74, 6) is 0.650. The van der Waals surface area contributed by atoms with Crippen LogP contribution in [0.5, 0.6) is 5.75 Å². The van der Waals surface area contributed by atoms with Gasteiger partial charge in [0.05, 0.1) is 11.9 Å².